The molecule has 0 unspecified atom stereocenters. The van der Waals surface area contributed by atoms with Gasteiger partial charge in [0.1, 0.15) is 17.7 Å². The number of halogens is 2. The topological polar surface area (TPSA) is 78.0 Å². The molecule has 104 valence electrons. The molecule has 0 aliphatic carbocycles. The summed E-state index contributed by atoms with van der Waals surface area (Å²) in [4.78, 5) is 18.1. The number of carbonyl (C=O) groups is 1. The first-order valence-electron chi connectivity index (χ1n) is 6.02. The molecular formula is C13H11F2N3O2. The Morgan fingerprint density at radius 2 is 2.20 bits per heavy atom. The van der Waals surface area contributed by atoms with E-state index in [4.69, 9.17) is 5.11 Å². The van der Waals surface area contributed by atoms with Crippen molar-refractivity contribution in [1.29, 1.82) is 0 Å². The summed E-state index contributed by atoms with van der Waals surface area (Å²) in [5.74, 6) is -2.45. The molecule has 7 heteroatoms. The van der Waals surface area contributed by atoms with E-state index < -0.39 is 29.7 Å². The van der Waals surface area contributed by atoms with Gasteiger partial charge >= 0.3 is 5.97 Å². The van der Waals surface area contributed by atoms with Crippen molar-refractivity contribution in [2.24, 2.45) is 0 Å². The smallest absolute Gasteiger partial charge is 0.321 e. The van der Waals surface area contributed by atoms with E-state index in [0.717, 1.165) is 12.1 Å². The van der Waals surface area contributed by atoms with E-state index in [2.05, 4.69) is 15.3 Å². The number of nitrogens with zero attached hydrogens (tertiary/aromatic N) is 1. The van der Waals surface area contributed by atoms with E-state index in [9.17, 15) is 13.6 Å². The Hall–Kier alpha value is -2.28. The second-order valence-corrected chi connectivity index (χ2v) is 4.63. The average molecular weight is 279 g/mol. The molecule has 1 aromatic heterocycles. The number of aromatic nitrogens is 2. The van der Waals surface area contributed by atoms with Crippen LogP contribution in [0.3, 0.4) is 0 Å². The summed E-state index contributed by atoms with van der Waals surface area (Å²) < 4.78 is 26.9. The van der Waals surface area contributed by atoms with Crippen molar-refractivity contribution in [1.82, 2.24) is 15.3 Å². The van der Waals surface area contributed by atoms with Gasteiger partial charge in [-0.3, -0.25) is 10.1 Å². The molecule has 0 fully saturated rings. The van der Waals surface area contributed by atoms with Gasteiger partial charge in [0.15, 0.2) is 0 Å². The predicted molar refractivity (Wildman–Crippen MR) is 65.1 cm³/mol. The zero-order chi connectivity index (χ0) is 14.3. The number of benzene rings is 1. The SMILES string of the molecule is O=C(O)[C@H]1Cc2[nH]cnc2[C@@H](c2ccc(F)cc2F)N1. The molecule has 2 heterocycles. The summed E-state index contributed by atoms with van der Waals surface area (Å²) in [5.41, 5.74) is 1.35. The monoisotopic (exact) mass is 279 g/mol. The van der Waals surface area contributed by atoms with Gasteiger partial charge < -0.3 is 10.1 Å². The second kappa shape index (κ2) is 4.68. The van der Waals surface area contributed by atoms with Gasteiger partial charge in [-0.05, 0) is 6.07 Å². The minimum absolute atomic E-state index is 0.172. The van der Waals surface area contributed by atoms with Crippen LogP contribution in [0.15, 0.2) is 24.5 Å². The normalized spacial score (nSPS) is 21.5. The highest BCUT2D eigenvalue weighted by Crippen LogP contribution is 2.30. The molecule has 2 aromatic rings. The minimum Gasteiger partial charge on any atom is -0.480 e. The van der Waals surface area contributed by atoms with Crippen LogP contribution in [0.4, 0.5) is 8.78 Å². The number of hydrogen-bond donors (Lipinski definition) is 3. The van der Waals surface area contributed by atoms with Gasteiger partial charge in [0.2, 0.25) is 0 Å². The third kappa shape index (κ3) is 2.05. The second-order valence-electron chi connectivity index (χ2n) is 4.63. The predicted octanol–water partition coefficient (Wildman–Crippen LogP) is 1.38. The highest BCUT2D eigenvalue weighted by Gasteiger charge is 2.34. The lowest BCUT2D eigenvalue weighted by Gasteiger charge is -2.28. The molecular weight excluding hydrogens is 268 g/mol. The lowest BCUT2D eigenvalue weighted by Crippen LogP contribution is -2.45. The number of imidazole rings is 1. The first kappa shape index (κ1) is 12.7. The van der Waals surface area contributed by atoms with Crippen molar-refractivity contribution in [2.45, 2.75) is 18.5 Å². The highest BCUT2D eigenvalue weighted by molar-refractivity contribution is 5.74. The molecule has 3 N–H and O–H groups in total. The van der Waals surface area contributed by atoms with E-state index in [0.29, 0.717) is 11.4 Å². The van der Waals surface area contributed by atoms with E-state index in [-0.39, 0.29) is 12.0 Å². The van der Waals surface area contributed by atoms with Crippen LogP contribution in [0.5, 0.6) is 0 Å². The molecule has 0 amide bonds. The first-order valence-corrected chi connectivity index (χ1v) is 6.02. The lowest BCUT2D eigenvalue weighted by atomic mass is 9.93. The fourth-order valence-electron chi connectivity index (χ4n) is 2.42. The van der Waals surface area contributed by atoms with Crippen LogP contribution in [0.1, 0.15) is 23.0 Å². The van der Waals surface area contributed by atoms with Crippen molar-refractivity contribution < 1.29 is 18.7 Å². The van der Waals surface area contributed by atoms with Crippen LogP contribution in [-0.4, -0.2) is 27.1 Å². The maximum Gasteiger partial charge on any atom is 0.321 e. The number of nitrogens with one attached hydrogen (secondary N) is 2. The number of aromatic amines is 1. The van der Waals surface area contributed by atoms with Crippen LogP contribution >= 0.6 is 0 Å². The molecule has 0 radical (unpaired) electrons. The van der Waals surface area contributed by atoms with Crippen LogP contribution in [0.2, 0.25) is 0 Å². The van der Waals surface area contributed by atoms with Gasteiger partial charge in [0, 0.05) is 23.7 Å². The largest absolute Gasteiger partial charge is 0.480 e. The van der Waals surface area contributed by atoms with Gasteiger partial charge in [0.05, 0.1) is 18.1 Å². The quantitative estimate of drug-likeness (QED) is 0.776. The zero-order valence-corrected chi connectivity index (χ0v) is 10.2. The van der Waals surface area contributed by atoms with Gasteiger partial charge in [-0.15, -0.1) is 0 Å². The molecule has 1 aliphatic rings. The first-order chi connectivity index (χ1) is 9.56. The van der Waals surface area contributed by atoms with Gasteiger partial charge in [-0.1, -0.05) is 6.07 Å². The van der Waals surface area contributed by atoms with Crippen LogP contribution in [-0.2, 0) is 11.2 Å². The van der Waals surface area contributed by atoms with Gasteiger partial charge in [0.25, 0.3) is 0 Å². The van der Waals surface area contributed by atoms with Gasteiger partial charge in [-0.2, -0.15) is 0 Å². The Labute approximate surface area is 112 Å². The minimum atomic E-state index is -1.03. The highest BCUT2D eigenvalue weighted by atomic mass is 19.1. The molecule has 0 spiro atoms. The van der Waals surface area contributed by atoms with Crippen molar-refractivity contribution in [3.05, 3.63) is 53.1 Å². The van der Waals surface area contributed by atoms with Crippen molar-refractivity contribution in [3.8, 4) is 0 Å². The Bertz CT molecular complexity index is 671. The maximum atomic E-state index is 13.9. The van der Waals surface area contributed by atoms with E-state index in [1.54, 1.807) is 0 Å². The Morgan fingerprint density at radius 3 is 2.90 bits per heavy atom. The van der Waals surface area contributed by atoms with E-state index in [1.165, 1.54) is 12.4 Å². The number of carboxylic acids is 1. The molecule has 20 heavy (non-hydrogen) atoms. The molecule has 3 rings (SSSR count). The number of rotatable bonds is 2. The van der Waals surface area contributed by atoms with Gasteiger partial charge in [-0.25, -0.2) is 13.8 Å². The zero-order valence-electron chi connectivity index (χ0n) is 10.2. The molecule has 1 aromatic carbocycles. The van der Waals surface area contributed by atoms with E-state index in [1.807, 2.05) is 0 Å². The fraction of sp³-hybridized carbons (Fsp3) is 0.231. The molecule has 1 aliphatic heterocycles. The van der Waals surface area contributed by atoms with Crippen LogP contribution in [0.25, 0.3) is 0 Å². The number of carboxylic acid groups (broad SMARTS) is 1. The molecule has 0 saturated carbocycles. The van der Waals surface area contributed by atoms with E-state index >= 15 is 0 Å². The number of H-pyrrole nitrogens is 1. The maximum absolute atomic E-state index is 13.9. The summed E-state index contributed by atoms with van der Waals surface area (Å²) in [6.07, 6.45) is 1.68. The third-order valence-corrected chi connectivity index (χ3v) is 3.37. The van der Waals surface area contributed by atoms with Crippen molar-refractivity contribution in [2.75, 3.05) is 0 Å². The number of hydrogen-bond acceptors (Lipinski definition) is 3. The standard InChI is InChI=1S/C13H11F2N3O2/c14-6-1-2-7(8(15)3-6)11-12-9(16-5-17-12)4-10(18-11)13(19)20/h1-3,5,10-11,18H,4H2,(H,16,17)(H,19,20)/t10-,11-/m1/s1. The number of fused-ring (bicyclic) bond motifs is 1. The molecule has 0 saturated heterocycles. The third-order valence-electron chi connectivity index (χ3n) is 3.37. The van der Waals surface area contributed by atoms with Crippen LogP contribution < -0.4 is 5.32 Å². The Balaban J connectivity index is 2.06. The summed E-state index contributed by atoms with van der Waals surface area (Å²) >= 11 is 0. The fourth-order valence-corrected chi connectivity index (χ4v) is 2.42. The summed E-state index contributed by atoms with van der Waals surface area (Å²) in [7, 11) is 0. The Morgan fingerprint density at radius 1 is 1.40 bits per heavy atom. The molecule has 2 atom stereocenters. The lowest BCUT2D eigenvalue weighted by molar-refractivity contribution is -0.139. The van der Waals surface area contributed by atoms with Crippen molar-refractivity contribution >= 4 is 5.97 Å². The average Bonchev–Trinajstić information content (AvgIpc) is 2.86. The molecule has 5 nitrogen and oxygen atoms in total. The Kier molecular flexibility index (Phi) is 2.98. The summed E-state index contributed by atoms with van der Waals surface area (Å²) in [5, 5.41) is 12.0. The number of aliphatic carboxylic acids is 1. The summed E-state index contributed by atoms with van der Waals surface area (Å²) in [6.45, 7) is 0. The molecule has 0 bridgehead atoms. The van der Waals surface area contributed by atoms with Crippen molar-refractivity contribution in [3.63, 3.8) is 0 Å². The van der Waals surface area contributed by atoms with Crippen LogP contribution in [0, 0.1) is 11.6 Å². The summed E-state index contributed by atoms with van der Waals surface area (Å²) in [6, 6.07) is 1.64.